The minimum Gasteiger partial charge on any atom is -0.275 e. The van der Waals surface area contributed by atoms with E-state index in [1.807, 2.05) is 35.6 Å². The second-order valence-corrected chi connectivity index (χ2v) is 4.76. The number of aryl methyl sites for hydroxylation is 4. The first-order valence-corrected chi connectivity index (χ1v) is 6.02. The van der Waals surface area contributed by atoms with Crippen molar-refractivity contribution in [3.8, 4) is 11.1 Å². The highest BCUT2D eigenvalue weighted by atomic mass is 15.3. The van der Waals surface area contributed by atoms with Crippen LogP contribution in [0.4, 0.5) is 0 Å². The predicted octanol–water partition coefficient (Wildman–Crippen LogP) is 2.66. The molecule has 0 unspecified atom stereocenters. The second-order valence-electron chi connectivity index (χ2n) is 4.76. The lowest BCUT2D eigenvalue weighted by Gasteiger charge is -2.03. The van der Waals surface area contributed by atoms with Crippen molar-refractivity contribution in [3.05, 3.63) is 41.5 Å². The summed E-state index contributed by atoms with van der Waals surface area (Å²) in [6, 6.07) is 4.26. The minimum atomic E-state index is 1.03. The smallest absolute Gasteiger partial charge is 0.0744 e. The molecule has 0 aromatic carbocycles. The number of rotatable bonds is 1. The van der Waals surface area contributed by atoms with Gasteiger partial charge in [-0.2, -0.15) is 10.2 Å². The normalized spacial score (nSPS) is 11.3. The van der Waals surface area contributed by atoms with Crippen LogP contribution in [0, 0.1) is 20.8 Å². The molecular formula is C14H16N4. The molecule has 0 fully saturated rings. The van der Waals surface area contributed by atoms with Gasteiger partial charge in [-0.15, -0.1) is 0 Å². The second kappa shape index (κ2) is 3.70. The van der Waals surface area contributed by atoms with Gasteiger partial charge in [-0.25, -0.2) is 4.52 Å². The van der Waals surface area contributed by atoms with Gasteiger partial charge < -0.3 is 0 Å². The molecule has 4 nitrogen and oxygen atoms in total. The van der Waals surface area contributed by atoms with Crippen molar-refractivity contribution in [1.82, 2.24) is 19.4 Å². The van der Waals surface area contributed by atoms with Crippen molar-refractivity contribution in [2.75, 3.05) is 0 Å². The van der Waals surface area contributed by atoms with Gasteiger partial charge in [0.2, 0.25) is 0 Å². The Morgan fingerprint density at radius 2 is 1.83 bits per heavy atom. The molecule has 0 amide bonds. The molecule has 0 bridgehead atoms. The van der Waals surface area contributed by atoms with Gasteiger partial charge in [0.05, 0.1) is 17.4 Å². The molecule has 3 aromatic rings. The Hall–Kier alpha value is -2.10. The van der Waals surface area contributed by atoms with Crippen molar-refractivity contribution in [3.63, 3.8) is 0 Å². The molecule has 0 aliphatic rings. The van der Waals surface area contributed by atoms with Gasteiger partial charge in [-0.3, -0.25) is 4.68 Å². The lowest BCUT2D eigenvalue weighted by Crippen LogP contribution is -1.95. The van der Waals surface area contributed by atoms with E-state index in [-0.39, 0.29) is 0 Å². The fourth-order valence-corrected chi connectivity index (χ4v) is 2.35. The molecule has 0 N–H and O–H groups in total. The van der Waals surface area contributed by atoms with E-state index in [0.29, 0.717) is 0 Å². The van der Waals surface area contributed by atoms with Crippen LogP contribution >= 0.6 is 0 Å². The highest BCUT2D eigenvalue weighted by molar-refractivity contribution is 5.81. The standard InChI is InChI=1S/C14H16N4/c1-9-5-6-14-12(7-15-18(14)11(9)3)13-8-17(4)16-10(13)2/h5-8H,1-4H3. The quantitative estimate of drug-likeness (QED) is 0.655. The number of fused-ring (bicyclic) bond motifs is 1. The van der Waals surface area contributed by atoms with Crippen molar-refractivity contribution in [2.24, 2.45) is 7.05 Å². The number of pyridine rings is 1. The largest absolute Gasteiger partial charge is 0.275 e. The van der Waals surface area contributed by atoms with Gasteiger partial charge in [0.15, 0.2) is 0 Å². The lowest BCUT2D eigenvalue weighted by atomic mass is 10.1. The number of hydrogen-bond donors (Lipinski definition) is 0. The summed E-state index contributed by atoms with van der Waals surface area (Å²) in [5, 5.41) is 8.88. The summed E-state index contributed by atoms with van der Waals surface area (Å²) in [5.74, 6) is 0. The van der Waals surface area contributed by atoms with E-state index in [9.17, 15) is 0 Å². The predicted molar refractivity (Wildman–Crippen MR) is 71.6 cm³/mol. The molecule has 3 heterocycles. The van der Waals surface area contributed by atoms with E-state index < -0.39 is 0 Å². The summed E-state index contributed by atoms with van der Waals surface area (Å²) in [6.45, 7) is 6.22. The Bertz CT molecular complexity index is 734. The monoisotopic (exact) mass is 240 g/mol. The average molecular weight is 240 g/mol. The van der Waals surface area contributed by atoms with Gasteiger partial charge in [-0.05, 0) is 32.4 Å². The maximum absolute atomic E-state index is 4.49. The molecule has 18 heavy (non-hydrogen) atoms. The molecule has 0 atom stereocenters. The van der Waals surface area contributed by atoms with Crippen molar-refractivity contribution >= 4 is 5.52 Å². The molecular weight excluding hydrogens is 224 g/mol. The fourth-order valence-electron chi connectivity index (χ4n) is 2.35. The van der Waals surface area contributed by atoms with E-state index in [1.165, 1.54) is 11.3 Å². The third kappa shape index (κ3) is 1.45. The minimum absolute atomic E-state index is 1.03. The van der Waals surface area contributed by atoms with E-state index in [4.69, 9.17) is 0 Å². The zero-order valence-electron chi connectivity index (χ0n) is 11.1. The van der Waals surface area contributed by atoms with E-state index >= 15 is 0 Å². The molecule has 0 radical (unpaired) electrons. The molecule has 0 aliphatic heterocycles. The van der Waals surface area contributed by atoms with Crippen LogP contribution in [0.15, 0.2) is 24.5 Å². The Labute approximate surface area is 106 Å². The van der Waals surface area contributed by atoms with Crippen LogP contribution < -0.4 is 0 Å². The van der Waals surface area contributed by atoms with Crippen molar-refractivity contribution < 1.29 is 0 Å². The van der Waals surface area contributed by atoms with E-state index in [1.54, 1.807) is 0 Å². The maximum atomic E-state index is 4.49. The number of nitrogens with zero attached hydrogens (tertiary/aromatic N) is 4. The van der Waals surface area contributed by atoms with Gasteiger partial charge in [0.25, 0.3) is 0 Å². The number of hydrogen-bond acceptors (Lipinski definition) is 2. The summed E-state index contributed by atoms with van der Waals surface area (Å²) >= 11 is 0. The summed E-state index contributed by atoms with van der Waals surface area (Å²) in [6.07, 6.45) is 3.97. The van der Waals surface area contributed by atoms with E-state index in [2.05, 4.69) is 36.2 Å². The van der Waals surface area contributed by atoms with Crippen LogP contribution in [-0.2, 0) is 7.05 Å². The van der Waals surface area contributed by atoms with Gasteiger partial charge in [-0.1, -0.05) is 6.07 Å². The van der Waals surface area contributed by atoms with E-state index in [0.717, 1.165) is 22.3 Å². The number of aromatic nitrogens is 4. The summed E-state index contributed by atoms with van der Waals surface area (Å²) in [4.78, 5) is 0. The molecule has 0 aliphatic carbocycles. The summed E-state index contributed by atoms with van der Waals surface area (Å²) < 4.78 is 3.84. The fraction of sp³-hybridized carbons (Fsp3) is 0.286. The highest BCUT2D eigenvalue weighted by Crippen LogP contribution is 2.27. The summed E-state index contributed by atoms with van der Waals surface area (Å²) in [5.41, 5.74) is 6.89. The van der Waals surface area contributed by atoms with Gasteiger partial charge in [0, 0.05) is 30.1 Å². The molecule has 0 saturated heterocycles. The van der Waals surface area contributed by atoms with Crippen LogP contribution in [0.25, 0.3) is 16.6 Å². The van der Waals surface area contributed by atoms with Crippen molar-refractivity contribution in [1.29, 1.82) is 0 Å². The maximum Gasteiger partial charge on any atom is 0.0744 e. The SMILES string of the molecule is Cc1ccc2c(-c3cn(C)nc3C)cnn2c1C. The zero-order chi connectivity index (χ0) is 12.9. The van der Waals surface area contributed by atoms with Crippen LogP contribution in [0.2, 0.25) is 0 Å². The Kier molecular flexibility index (Phi) is 2.26. The Morgan fingerprint density at radius 3 is 2.50 bits per heavy atom. The average Bonchev–Trinajstić information content (AvgIpc) is 2.87. The highest BCUT2D eigenvalue weighted by Gasteiger charge is 2.13. The Morgan fingerprint density at radius 1 is 1.06 bits per heavy atom. The molecule has 92 valence electrons. The summed E-state index contributed by atoms with van der Waals surface area (Å²) in [7, 11) is 1.94. The molecule has 0 spiro atoms. The third-order valence-corrected chi connectivity index (χ3v) is 3.49. The lowest BCUT2D eigenvalue weighted by molar-refractivity contribution is 0.756. The topological polar surface area (TPSA) is 35.1 Å². The van der Waals surface area contributed by atoms with Crippen LogP contribution in [0.1, 0.15) is 17.0 Å². The zero-order valence-corrected chi connectivity index (χ0v) is 11.1. The Balaban J connectivity index is 2.31. The molecule has 3 aromatic heterocycles. The van der Waals surface area contributed by atoms with Crippen LogP contribution in [0.3, 0.4) is 0 Å². The first-order valence-electron chi connectivity index (χ1n) is 6.02. The van der Waals surface area contributed by atoms with Crippen LogP contribution in [-0.4, -0.2) is 19.4 Å². The first kappa shape index (κ1) is 11.0. The van der Waals surface area contributed by atoms with Crippen LogP contribution in [0.5, 0.6) is 0 Å². The van der Waals surface area contributed by atoms with Crippen molar-refractivity contribution in [2.45, 2.75) is 20.8 Å². The van der Waals surface area contributed by atoms with Gasteiger partial charge in [0.1, 0.15) is 0 Å². The van der Waals surface area contributed by atoms with Gasteiger partial charge >= 0.3 is 0 Å². The molecule has 3 rings (SSSR count). The molecule has 0 saturated carbocycles. The first-order chi connectivity index (χ1) is 8.58. The third-order valence-electron chi connectivity index (χ3n) is 3.49. The molecule has 4 heteroatoms.